The molecule has 0 bridgehead atoms. The SMILES string of the molecule is Cc1noc(C)c1COc1ccc(Cl)cc1CCN. The average Bonchev–Trinajstić information content (AvgIpc) is 2.69. The Hall–Kier alpha value is -1.52. The minimum atomic E-state index is 0.431. The third-order valence-electron chi connectivity index (χ3n) is 2.99. The lowest BCUT2D eigenvalue weighted by Crippen LogP contribution is -2.06. The molecule has 0 aliphatic carbocycles. The minimum Gasteiger partial charge on any atom is -0.488 e. The number of ether oxygens (including phenoxy) is 1. The maximum Gasteiger partial charge on any atom is 0.140 e. The van der Waals surface area contributed by atoms with Gasteiger partial charge in [0.15, 0.2) is 0 Å². The highest BCUT2D eigenvalue weighted by molar-refractivity contribution is 6.30. The van der Waals surface area contributed by atoms with Crippen LogP contribution in [0.1, 0.15) is 22.6 Å². The monoisotopic (exact) mass is 280 g/mol. The Morgan fingerprint density at radius 1 is 1.37 bits per heavy atom. The molecular weight excluding hydrogens is 264 g/mol. The first kappa shape index (κ1) is 13.9. The Kier molecular flexibility index (Phi) is 4.45. The van der Waals surface area contributed by atoms with Crippen molar-refractivity contribution in [1.29, 1.82) is 0 Å². The van der Waals surface area contributed by atoms with Crippen molar-refractivity contribution < 1.29 is 9.26 Å². The summed E-state index contributed by atoms with van der Waals surface area (Å²) >= 11 is 5.98. The molecule has 0 fully saturated rings. The molecule has 0 aliphatic heterocycles. The van der Waals surface area contributed by atoms with Crippen LogP contribution in [-0.2, 0) is 13.0 Å². The summed E-state index contributed by atoms with van der Waals surface area (Å²) in [5.41, 5.74) is 8.44. The Morgan fingerprint density at radius 3 is 2.79 bits per heavy atom. The van der Waals surface area contributed by atoms with Gasteiger partial charge in [-0.25, -0.2) is 0 Å². The van der Waals surface area contributed by atoms with Gasteiger partial charge < -0.3 is 15.0 Å². The maximum atomic E-state index is 5.98. The number of nitrogens with two attached hydrogens (primary N) is 1. The molecule has 0 aliphatic rings. The molecule has 1 aromatic heterocycles. The van der Waals surface area contributed by atoms with E-state index in [1.54, 1.807) is 0 Å². The van der Waals surface area contributed by atoms with Crippen LogP contribution in [0.4, 0.5) is 0 Å². The van der Waals surface area contributed by atoms with E-state index in [9.17, 15) is 0 Å². The van der Waals surface area contributed by atoms with Crippen LogP contribution in [0.5, 0.6) is 5.75 Å². The van der Waals surface area contributed by atoms with Gasteiger partial charge in [-0.15, -0.1) is 0 Å². The molecular formula is C14H17ClN2O2. The summed E-state index contributed by atoms with van der Waals surface area (Å²) in [5, 5.41) is 4.59. The van der Waals surface area contributed by atoms with Gasteiger partial charge >= 0.3 is 0 Å². The molecule has 0 unspecified atom stereocenters. The first-order valence-electron chi connectivity index (χ1n) is 6.15. The third-order valence-corrected chi connectivity index (χ3v) is 3.22. The Morgan fingerprint density at radius 2 is 2.16 bits per heavy atom. The van der Waals surface area contributed by atoms with Crippen LogP contribution in [-0.4, -0.2) is 11.7 Å². The van der Waals surface area contributed by atoms with E-state index in [-0.39, 0.29) is 0 Å². The number of benzene rings is 1. The van der Waals surface area contributed by atoms with Crippen molar-refractivity contribution >= 4 is 11.6 Å². The summed E-state index contributed by atoms with van der Waals surface area (Å²) in [6.07, 6.45) is 0.734. The zero-order chi connectivity index (χ0) is 13.8. The Balaban J connectivity index is 2.15. The predicted molar refractivity (Wildman–Crippen MR) is 74.5 cm³/mol. The highest BCUT2D eigenvalue weighted by Crippen LogP contribution is 2.25. The smallest absolute Gasteiger partial charge is 0.140 e. The number of aryl methyl sites for hydroxylation is 2. The fourth-order valence-electron chi connectivity index (χ4n) is 1.90. The van der Waals surface area contributed by atoms with Gasteiger partial charge in [-0.3, -0.25) is 0 Å². The first-order chi connectivity index (χ1) is 9.11. The molecule has 4 nitrogen and oxygen atoms in total. The fraction of sp³-hybridized carbons (Fsp3) is 0.357. The van der Waals surface area contributed by atoms with Gasteiger partial charge in [-0.1, -0.05) is 16.8 Å². The number of rotatable bonds is 5. The summed E-state index contributed by atoms with van der Waals surface area (Å²) in [6, 6.07) is 5.56. The molecule has 0 amide bonds. The zero-order valence-corrected chi connectivity index (χ0v) is 11.8. The van der Waals surface area contributed by atoms with Crippen molar-refractivity contribution in [3.05, 3.63) is 45.8 Å². The van der Waals surface area contributed by atoms with E-state index in [0.29, 0.717) is 18.2 Å². The van der Waals surface area contributed by atoms with E-state index in [1.165, 1.54) is 0 Å². The second-order valence-corrected chi connectivity index (χ2v) is 4.82. The van der Waals surface area contributed by atoms with Gasteiger partial charge in [-0.2, -0.15) is 0 Å². The highest BCUT2D eigenvalue weighted by atomic mass is 35.5. The molecule has 2 aromatic rings. The van der Waals surface area contributed by atoms with Crippen LogP contribution in [0.3, 0.4) is 0 Å². The maximum absolute atomic E-state index is 5.98. The summed E-state index contributed by atoms with van der Waals surface area (Å²) in [7, 11) is 0. The van der Waals surface area contributed by atoms with Crippen molar-refractivity contribution in [2.45, 2.75) is 26.9 Å². The number of hydrogen-bond donors (Lipinski definition) is 1. The lowest BCUT2D eigenvalue weighted by atomic mass is 10.1. The largest absolute Gasteiger partial charge is 0.488 e. The topological polar surface area (TPSA) is 61.3 Å². The van der Waals surface area contributed by atoms with E-state index in [1.807, 2.05) is 32.0 Å². The molecule has 102 valence electrons. The molecule has 19 heavy (non-hydrogen) atoms. The van der Waals surface area contributed by atoms with Crippen molar-refractivity contribution in [3.8, 4) is 5.75 Å². The second-order valence-electron chi connectivity index (χ2n) is 4.38. The standard InChI is InChI=1S/C14H17ClN2O2/c1-9-13(10(2)19-17-9)8-18-14-4-3-12(15)7-11(14)5-6-16/h3-4,7H,5-6,8,16H2,1-2H3. The summed E-state index contributed by atoms with van der Waals surface area (Å²) in [4.78, 5) is 0. The van der Waals surface area contributed by atoms with E-state index in [0.717, 1.165) is 34.8 Å². The van der Waals surface area contributed by atoms with E-state index < -0.39 is 0 Å². The molecule has 5 heteroatoms. The predicted octanol–water partition coefficient (Wildman–Crippen LogP) is 3.03. The molecule has 0 spiro atoms. The Bertz CT molecular complexity index is 547. The van der Waals surface area contributed by atoms with Crippen LogP contribution < -0.4 is 10.5 Å². The quantitative estimate of drug-likeness (QED) is 0.914. The minimum absolute atomic E-state index is 0.431. The lowest BCUT2D eigenvalue weighted by molar-refractivity contribution is 0.298. The van der Waals surface area contributed by atoms with Crippen LogP contribution in [0.15, 0.2) is 22.7 Å². The van der Waals surface area contributed by atoms with Gasteiger partial charge in [0, 0.05) is 5.02 Å². The summed E-state index contributed by atoms with van der Waals surface area (Å²) in [5.74, 6) is 1.58. The molecule has 2 N–H and O–H groups in total. The van der Waals surface area contributed by atoms with E-state index in [2.05, 4.69) is 5.16 Å². The Labute approximate surface area is 117 Å². The van der Waals surface area contributed by atoms with E-state index in [4.69, 9.17) is 26.6 Å². The number of halogens is 1. The highest BCUT2D eigenvalue weighted by Gasteiger charge is 2.11. The van der Waals surface area contributed by atoms with Crippen molar-refractivity contribution in [2.75, 3.05) is 6.54 Å². The number of nitrogens with zero attached hydrogens (tertiary/aromatic N) is 1. The average molecular weight is 281 g/mol. The fourth-order valence-corrected chi connectivity index (χ4v) is 2.09. The number of hydrogen-bond acceptors (Lipinski definition) is 4. The molecule has 2 rings (SSSR count). The van der Waals surface area contributed by atoms with Gasteiger partial charge in [0.25, 0.3) is 0 Å². The molecule has 0 radical (unpaired) electrons. The van der Waals surface area contributed by atoms with Gasteiger partial charge in [0.05, 0.1) is 11.3 Å². The van der Waals surface area contributed by atoms with Crippen LogP contribution in [0.2, 0.25) is 5.02 Å². The van der Waals surface area contributed by atoms with Crippen LogP contribution in [0, 0.1) is 13.8 Å². The normalized spacial score (nSPS) is 10.7. The van der Waals surface area contributed by atoms with Gasteiger partial charge in [0.1, 0.15) is 18.1 Å². The van der Waals surface area contributed by atoms with Gasteiger partial charge in [-0.05, 0) is 50.6 Å². The number of aromatic nitrogens is 1. The van der Waals surface area contributed by atoms with Crippen LogP contribution >= 0.6 is 11.6 Å². The van der Waals surface area contributed by atoms with Gasteiger partial charge in [0.2, 0.25) is 0 Å². The first-order valence-corrected chi connectivity index (χ1v) is 6.52. The summed E-state index contributed by atoms with van der Waals surface area (Å²) < 4.78 is 10.9. The van der Waals surface area contributed by atoms with Crippen molar-refractivity contribution in [2.24, 2.45) is 5.73 Å². The molecule has 0 atom stereocenters. The second kappa shape index (κ2) is 6.08. The molecule has 0 saturated heterocycles. The molecule has 1 aromatic carbocycles. The molecule has 1 heterocycles. The zero-order valence-electron chi connectivity index (χ0n) is 11.1. The van der Waals surface area contributed by atoms with Crippen LogP contribution in [0.25, 0.3) is 0 Å². The lowest BCUT2D eigenvalue weighted by Gasteiger charge is -2.11. The van der Waals surface area contributed by atoms with E-state index >= 15 is 0 Å². The molecule has 0 saturated carbocycles. The summed E-state index contributed by atoms with van der Waals surface area (Å²) in [6.45, 7) is 4.77. The third kappa shape index (κ3) is 3.28. The van der Waals surface area contributed by atoms with Crippen molar-refractivity contribution in [3.63, 3.8) is 0 Å². The van der Waals surface area contributed by atoms with Crippen molar-refractivity contribution in [1.82, 2.24) is 5.16 Å².